The Morgan fingerprint density at radius 3 is 2.56 bits per heavy atom. The SMILES string of the molecule is COc1ccc(OC)c(N2C(=O)NC(=O)C(=Cc3ccsc3)C2=O)c1. The van der Waals surface area contributed by atoms with Gasteiger partial charge in [0.15, 0.2) is 0 Å². The van der Waals surface area contributed by atoms with Crippen molar-refractivity contribution in [3.63, 3.8) is 0 Å². The fourth-order valence-corrected chi connectivity index (χ4v) is 2.99. The number of carbonyl (C=O) groups is 3. The van der Waals surface area contributed by atoms with Crippen LogP contribution in [0.15, 0.2) is 40.6 Å². The van der Waals surface area contributed by atoms with Crippen molar-refractivity contribution in [2.24, 2.45) is 0 Å². The number of thiophene rings is 1. The Bertz CT molecular complexity index is 873. The van der Waals surface area contributed by atoms with E-state index in [1.54, 1.807) is 23.6 Å². The molecule has 0 unspecified atom stereocenters. The van der Waals surface area contributed by atoms with E-state index in [0.29, 0.717) is 17.1 Å². The number of hydrogen-bond donors (Lipinski definition) is 1. The summed E-state index contributed by atoms with van der Waals surface area (Å²) in [5, 5.41) is 5.79. The van der Waals surface area contributed by atoms with Gasteiger partial charge in [0.2, 0.25) is 0 Å². The van der Waals surface area contributed by atoms with Crippen LogP contribution < -0.4 is 19.7 Å². The standard InChI is InChI=1S/C17H14N2O5S/c1-23-11-3-4-14(24-2)13(8-11)19-16(21)12(15(20)18-17(19)22)7-10-5-6-25-9-10/h3-9H,1-2H3,(H,18,20,22). The van der Waals surface area contributed by atoms with Crippen LogP contribution in [0.2, 0.25) is 0 Å². The fraction of sp³-hybridized carbons (Fsp3) is 0.118. The van der Waals surface area contributed by atoms with Gasteiger partial charge in [-0.15, -0.1) is 0 Å². The van der Waals surface area contributed by atoms with Crippen molar-refractivity contribution < 1.29 is 23.9 Å². The van der Waals surface area contributed by atoms with Gasteiger partial charge in [0.05, 0.1) is 19.9 Å². The largest absolute Gasteiger partial charge is 0.497 e. The Labute approximate surface area is 147 Å². The summed E-state index contributed by atoms with van der Waals surface area (Å²) < 4.78 is 10.4. The van der Waals surface area contributed by atoms with Crippen molar-refractivity contribution >= 4 is 40.9 Å². The van der Waals surface area contributed by atoms with Gasteiger partial charge in [0, 0.05) is 6.07 Å². The normalized spacial score (nSPS) is 16.2. The zero-order valence-electron chi connectivity index (χ0n) is 13.4. The van der Waals surface area contributed by atoms with E-state index in [1.807, 2.05) is 5.38 Å². The van der Waals surface area contributed by atoms with Gasteiger partial charge in [0.25, 0.3) is 11.8 Å². The van der Waals surface area contributed by atoms with Gasteiger partial charge < -0.3 is 9.47 Å². The summed E-state index contributed by atoms with van der Waals surface area (Å²) in [6.45, 7) is 0. The van der Waals surface area contributed by atoms with Crippen LogP contribution in [0, 0.1) is 0 Å². The summed E-state index contributed by atoms with van der Waals surface area (Å²) in [7, 11) is 2.89. The zero-order valence-corrected chi connectivity index (χ0v) is 14.3. The van der Waals surface area contributed by atoms with Crippen molar-refractivity contribution in [2.75, 3.05) is 19.1 Å². The average Bonchev–Trinajstić information content (AvgIpc) is 3.11. The molecule has 8 heteroatoms. The molecule has 0 radical (unpaired) electrons. The molecule has 128 valence electrons. The van der Waals surface area contributed by atoms with Gasteiger partial charge in [-0.25, -0.2) is 9.69 Å². The minimum Gasteiger partial charge on any atom is -0.497 e. The van der Waals surface area contributed by atoms with Crippen LogP contribution >= 0.6 is 11.3 Å². The number of hydrogen-bond acceptors (Lipinski definition) is 6. The van der Waals surface area contributed by atoms with Crippen LogP contribution in [-0.4, -0.2) is 32.1 Å². The van der Waals surface area contributed by atoms with Gasteiger partial charge in [0.1, 0.15) is 17.1 Å². The Balaban J connectivity index is 2.08. The minimum absolute atomic E-state index is 0.136. The van der Waals surface area contributed by atoms with E-state index in [2.05, 4.69) is 5.32 Å². The number of methoxy groups -OCH3 is 2. The molecule has 2 heterocycles. The molecule has 4 amide bonds. The summed E-state index contributed by atoms with van der Waals surface area (Å²) in [5.41, 5.74) is 0.756. The molecule has 1 aliphatic rings. The number of ether oxygens (including phenoxy) is 2. The number of rotatable bonds is 4. The predicted octanol–water partition coefficient (Wildman–Crippen LogP) is 2.43. The number of imide groups is 2. The number of nitrogens with one attached hydrogen (secondary N) is 1. The maximum Gasteiger partial charge on any atom is 0.336 e. The maximum atomic E-state index is 12.8. The lowest BCUT2D eigenvalue weighted by molar-refractivity contribution is -0.122. The molecule has 1 aliphatic heterocycles. The molecule has 0 bridgehead atoms. The average molecular weight is 358 g/mol. The number of carbonyl (C=O) groups excluding carboxylic acids is 3. The molecule has 0 spiro atoms. The Hall–Kier alpha value is -3.13. The lowest BCUT2D eigenvalue weighted by Gasteiger charge is -2.27. The number of nitrogens with zero attached hydrogens (tertiary/aromatic N) is 1. The number of benzene rings is 1. The smallest absolute Gasteiger partial charge is 0.336 e. The third-order valence-electron chi connectivity index (χ3n) is 3.58. The second kappa shape index (κ2) is 6.78. The molecule has 0 saturated carbocycles. The fourth-order valence-electron chi connectivity index (χ4n) is 2.37. The number of amides is 4. The summed E-state index contributed by atoms with van der Waals surface area (Å²) in [5.74, 6) is -0.726. The van der Waals surface area contributed by atoms with Crippen LogP contribution in [0.25, 0.3) is 6.08 Å². The van der Waals surface area contributed by atoms with Crippen molar-refractivity contribution in [3.05, 3.63) is 46.2 Å². The number of barbiturate groups is 1. The van der Waals surface area contributed by atoms with Gasteiger partial charge in [-0.2, -0.15) is 11.3 Å². The van der Waals surface area contributed by atoms with Crippen molar-refractivity contribution in [2.45, 2.75) is 0 Å². The molecular formula is C17H14N2O5S. The van der Waals surface area contributed by atoms with E-state index in [9.17, 15) is 14.4 Å². The zero-order chi connectivity index (χ0) is 18.0. The van der Waals surface area contributed by atoms with Crippen LogP contribution in [0.1, 0.15) is 5.56 Å². The van der Waals surface area contributed by atoms with Gasteiger partial charge in [-0.05, 0) is 40.6 Å². The van der Waals surface area contributed by atoms with Crippen LogP contribution in [0.5, 0.6) is 11.5 Å². The lowest BCUT2D eigenvalue weighted by Crippen LogP contribution is -2.54. The molecule has 2 aromatic rings. The second-order valence-electron chi connectivity index (χ2n) is 5.05. The summed E-state index contributed by atoms with van der Waals surface area (Å²) in [4.78, 5) is 38.1. The highest BCUT2D eigenvalue weighted by atomic mass is 32.1. The quantitative estimate of drug-likeness (QED) is 0.670. The first kappa shape index (κ1) is 16.7. The Morgan fingerprint density at radius 1 is 1.12 bits per heavy atom. The minimum atomic E-state index is -0.843. The molecule has 1 aromatic heterocycles. The molecule has 1 fully saturated rings. The lowest BCUT2D eigenvalue weighted by atomic mass is 10.1. The first-order valence-corrected chi connectivity index (χ1v) is 8.15. The topological polar surface area (TPSA) is 84.9 Å². The van der Waals surface area contributed by atoms with Crippen molar-refractivity contribution in [3.8, 4) is 11.5 Å². The van der Waals surface area contributed by atoms with Gasteiger partial charge in [-0.1, -0.05) is 0 Å². The van der Waals surface area contributed by atoms with Gasteiger partial charge in [-0.3, -0.25) is 14.9 Å². The Kier molecular flexibility index (Phi) is 4.53. The highest BCUT2D eigenvalue weighted by molar-refractivity contribution is 7.08. The predicted molar refractivity (Wildman–Crippen MR) is 92.9 cm³/mol. The monoisotopic (exact) mass is 358 g/mol. The van der Waals surface area contributed by atoms with E-state index < -0.39 is 17.8 Å². The molecule has 1 saturated heterocycles. The maximum absolute atomic E-state index is 12.8. The molecule has 7 nitrogen and oxygen atoms in total. The third-order valence-corrected chi connectivity index (χ3v) is 4.28. The van der Waals surface area contributed by atoms with E-state index in [0.717, 1.165) is 4.90 Å². The molecule has 1 aromatic carbocycles. The molecular weight excluding hydrogens is 344 g/mol. The second-order valence-corrected chi connectivity index (χ2v) is 5.83. The number of urea groups is 1. The summed E-state index contributed by atoms with van der Waals surface area (Å²) in [6, 6.07) is 5.64. The first-order chi connectivity index (χ1) is 12.0. The van der Waals surface area contributed by atoms with Crippen LogP contribution in [-0.2, 0) is 9.59 Å². The summed E-state index contributed by atoms with van der Waals surface area (Å²) >= 11 is 1.43. The van der Waals surface area contributed by atoms with E-state index in [4.69, 9.17) is 9.47 Å². The third kappa shape index (κ3) is 3.11. The van der Waals surface area contributed by atoms with E-state index in [1.165, 1.54) is 37.7 Å². The Morgan fingerprint density at radius 2 is 1.92 bits per heavy atom. The number of anilines is 1. The van der Waals surface area contributed by atoms with Crippen molar-refractivity contribution in [1.29, 1.82) is 0 Å². The first-order valence-electron chi connectivity index (χ1n) is 7.21. The van der Waals surface area contributed by atoms with Crippen LogP contribution in [0.3, 0.4) is 0 Å². The molecule has 0 aliphatic carbocycles. The highest BCUT2D eigenvalue weighted by Gasteiger charge is 2.38. The molecule has 3 rings (SSSR count). The molecule has 25 heavy (non-hydrogen) atoms. The van der Waals surface area contributed by atoms with Crippen LogP contribution in [0.4, 0.5) is 10.5 Å². The van der Waals surface area contributed by atoms with Gasteiger partial charge >= 0.3 is 6.03 Å². The molecule has 1 N–H and O–H groups in total. The van der Waals surface area contributed by atoms with E-state index in [-0.39, 0.29) is 11.3 Å². The summed E-state index contributed by atoms with van der Waals surface area (Å²) in [6.07, 6.45) is 1.44. The highest BCUT2D eigenvalue weighted by Crippen LogP contribution is 2.34. The molecule has 0 atom stereocenters. The van der Waals surface area contributed by atoms with E-state index >= 15 is 0 Å². The van der Waals surface area contributed by atoms with Crippen molar-refractivity contribution in [1.82, 2.24) is 5.32 Å².